The summed E-state index contributed by atoms with van der Waals surface area (Å²) in [6.07, 6.45) is 0.935. The SMILES string of the molecule is CN(C)CCCNC(=O)Cc1c(-c2ccccc2)c2ccccc2[nH]c1=O. The molecule has 0 saturated heterocycles. The minimum atomic E-state index is -0.212. The molecule has 2 aromatic carbocycles. The van der Waals surface area contributed by atoms with Crippen molar-refractivity contribution in [2.75, 3.05) is 27.2 Å². The number of para-hydroxylation sites is 1. The van der Waals surface area contributed by atoms with Crippen molar-refractivity contribution in [1.82, 2.24) is 15.2 Å². The largest absolute Gasteiger partial charge is 0.356 e. The molecule has 0 unspecified atom stereocenters. The van der Waals surface area contributed by atoms with Crippen LogP contribution in [0.3, 0.4) is 0 Å². The van der Waals surface area contributed by atoms with Crippen molar-refractivity contribution in [3.63, 3.8) is 0 Å². The predicted molar refractivity (Wildman–Crippen MR) is 110 cm³/mol. The minimum absolute atomic E-state index is 0.0619. The van der Waals surface area contributed by atoms with Gasteiger partial charge >= 0.3 is 0 Å². The molecule has 0 bridgehead atoms. The highest BCUT2D eigenvalue weighted by Crippen LogP contribution is 2.29. The van der Waals surface area contributed by atoms with Crippen molar-refractivity contribution in [3.05, 3.63) is 70.5 Å². The zero-order chi connectivity index (χ0) is 19.2. The van der Waals surface area contributed by atoms with Crippen molar-refractivity contribution >= 4 is 16.8 Å². The fourth-order valence-electron chi connectivity index (χ4n) is 3.23. The van der Waals surface area contributed by atoms with E-state index in [1.807, 2.05) is 68.7 Å². The van der Waals surface area contributed by atoms with Crippen molar-refractivity contribution in [1.29, 1.82) is 0 Å². The summed E-state index contributed by atoms with van der Waals surface area (Å²) in [7, 11) is 4.01. The van der Waals surface area contributed by atoms with Gasteiger partial charge in [-0.25, -0.2) is 0 Å². The number of carbonyl (C=O) groups excluding carboxylic acids is 1. The van der Waals surface area contributed by atoms with Gasteiger partial charge in [0.2, 0.25) is 5.91 Å². The fraction of sp³-hybridized carbons (Fsp3) is 0.273. The van der Waals surface area contributed by atoms with E-state index in [0.29, 0.717) is 12.1 Å². The number of nitrogens with one attached hydrogen (secondary N) is 2. The average Bonchev–Trinajstić information content (AvgIpc) is 2.66. The van der Waals surface area contributed by atoms with E-state index in [1.54, 1.807) is 0 Å². The molecule has 3 rings (SSSR count). The van der Waals surface area contributed by atoms with E-state index in [-0.39, 0.29) is 17.9 Å². The van der Waals surface area contributed by atoms with Gasteiger partial charge in [-0.15, -0.1) is 0 Å². The molecule has 0 aliphatic carbocycles. The number of rotatable bonds is 7. The second kappa shape index (κ2) is 8.64. The maximum absolute atomic E-state index is 12.7. The number of aromatic amines is 1. The standard InChI is InChI=1S/C22H25N3O2/c1-25(2)14-8-13-23-20(26)15-18-21(16-9-4-3-5-10-16)17-11-6-7-12-19(17)24-22(18)27/h3-7,9-12H,8,13-15H2,1-2H3,(H,23,26)(H,24,27). The van der Waals surface area contributed by atoms with E-state index in [4.69, 9.17) is 0 Å². The van der Waals surface area contributed by atoms with E-state index < -0.39 is 0 Å². The molecule has 27 heavy (non-hydrogen) atoms. The number of hydrogen-bond donors (Lipinski definition) is 2. The quantitative estimate of drug-likeness (QED) is 0.635. The molecular formula is C22H25N3O2. The van der Waals surface area contributed by atoms with Gasteiger partial charge in [0.25, 0.3) is 5.56 Å². The van der Waals surface area contributed by atoms with Gasteiger partial charge in [-0.1, -0.05) is 48.5 Å². The first-order chi connectivity index (χ1) is 13.1. The molecule has 0 atom stereocenters. The number of nitrogens with zero attached hydrogens (tertiary/aromatic N) is 1. The normalized spacial score (nSPS) is 11.1. The lowest BCUT2D eigenvalue weighted by atomic mass is 9.94. The fourth-order valence-corrected chi connectivity index (χ4v) is 3.23. The molecule has 0 aliphatic rings. The molecule has 3 aromatic rings. The number of pyridine rings is 1. The lowest BCUT2D eigenvalue weighted by molar-refractivity contribution is -0.120. The number of H-pyrrole nitrogens is 1. The highest BCUT2D eigenvalue weighted by atomic mass is 16.2. The molecule has 0 spiro atoms. The topological polar surface area (TPSA) is 65.2 Å². The van der Waals surface area contributed by atoms with Crippen LogP contribution in [0.1, 0.15) is 12.0 Å². The number of aromatic nitrogens is 1. The Kier molecular flexibility index (Phi) is 6.04. The van der Waals surface area contributed by atoms with Crippen LogP contribution in [0.25, 0.3) is 22.0 Å². The Morgan fingerprint density at radius 1 is 1.04 bits per heavy atom. The van der Waals surface area contributed by atoms with E-state index in [9.17, 15) is 9.59 Å². The van der Waals surface area contributed by atoms with Gasteiger partial charge in [-0.05, 0) is 38.7 Å². The van der Waals surface area contributed by atoms with E-state index in [2.05, 4.69) is 15.2 Å². The third-order valence-electron chi connectivity index (χ3n) is 4.52. The summed E-state index contributed by atoms with van der Waals surface area (Å²) < 4.78 is 0. The minimum Gasteiger partial charge on any atom is -0.356 e. The smallest absolute Gasteiger partial charge is 0.252 e. The molecule has 2 N–H and O–H groups in total. The highest BCUT2D eigenvalue weighted by molar-refractivity contribution is 5.97. The number of carbonyl (C=O) groups is 1. The van der Waals surface area contributed by atoms with Crippen LogP contribution in [0.2, 0.25) is 0 Å². The van der Waals surface area contributed by atoms with Crippen molar-refractivity contribution in [3.8, 4) is 11.1 Å². The molecule has 140 valence electrons. The molecule has 0 fully saturated rings. The average molecular weight is 363 g/mol. The van der Waals surface area contributed by atoms with E-state index in [0.717, 1.165) is 35.0 Å². The lowest BCUT2D eigenvalue weighted by Crippen LogP contribution is -2.30. The molecular weight excluding hydrogens is 338 g/mol. The summed E-state index contributed by atoms with van der Waals surface area (Å²) in [5.41, 5.74) is 2.84. The predicted octanol–water partition coefficient (Wildman–Crippen LogP) is 2.81. The Morgan fingerprint density at radius 3 is 2.48 bits per heavy atom. The molecule has 1 aromatic heterocycles. The summed E-state index contributed by atoms with van der Waals surface area (Å²) in [6, 6.07) is 17.5. The van der Waals surface area contributed by atoms with Crippen LogP contribution < -0.4 is 10.9 Å². The first kappa shape index (κ1) is 18.9. The molecule has 0 aliphatic heterocycles. The van der Waals surface area contributed by atoms with Crippen molar-refractivity contribution in [2.45, 2.75) is 12.8 Å². The van der Waals surface area contributed by atoms with Crippen LogP contribution in [-0.4, -0.2) is 43.0 Å². The second-order valence-electron chi connectivity index (χ2n) is 6.90. The third-order valence-corrected chi connectivity index (χ3v) is 4.52. The van der Waals surface area contributed by atoms with Crippen molar-refractivity contribution in [2.24, 2.45) is 0 Å². The van der Waals surface area contributed by atoms with Gasteiger partial charge in [0.15, 0.2) is 0 Å². The number of benzene rings is 2. The zero-order valence-corrected chi connectivity index (χ0v) is 15.8. The lowest BCUT2D eigenvalue weighted by Gasteiger charge is -2.13. The molecule has 0 radical (unpaired) electrons. The molecule has 1 amide bonds. The first-order valence-electron chi connectivity index (χ1n) is 9.17. The Balaban J connectivity index is 1.94. The summed E-state index contributed by atoms with van der Waals surface area (Å²) in [4.78, 5) is 30.2. The number of fused-ring (bicyclic) bond motifs is 1. The Morgan fingerprint density at radius 2 is 1.74 bits per heavy atom. The maximum atomic E-state index is 12.7. The summed E-state index contributed by atoms with van der Waals surface area (Å²) in [5, 5.41) is 3.87. The number of hydrogen-bond acceptors (Lipinski definition) is 3. The van der Waals surface area contributed by atoms with Crippen LogP contribution in [0.15, 0.2) is 59.4 Å². The summed E-state index contributed by atoms with van der Waals surface area (Å²) >= 11 is 0. The summed E-state index contributed by atoms with van der Waals surface area (Å²) in [6.45, 7) is 1.51. The first-order valence-corrected chi connectivity index (χ1v) is 9.17. The van der Waals surface area contributed by atoms with Crippen molar-refractivity contribution < 1.29 is 4.79 Å². The van der Waals surface area contributed by atoms with Crippen LogP contribution in [0.5, 0.6) is 0 Å². The monoisotopic (exact) mass is 363 g/mol. The Hall–Kier alpha value is -2.92. The van der Waals surface area contributed by atoms with Crippen LogP contribution in [0, 0.1) is 0 Å². The number of amides is 1. The molecule has 5 nitrogen and oxygen atoms in total. The van der Waals surface area contributed by atoms with Crippen LogP contribution in [-0.2, 0) is 11.2 Å². The van der Waals surface area contributed by atoms with Gasteiger partial charge < -0.3 is 15.2 Å². The van der Waals surface area contributed by atoms with Gasteiger partial charge in [0, 0.05) is 28.6 Å². The Bertz CT molecular complexity index is 978. The van der Waals surface area contributed by atoms with Crippen LogP contribution >= 0.6 is 0 Å². The maximum Gasteiger partial charge on any atom is 0.252 e. The van der Waals surface area contributed by atoms with Gasteiger partial charge in [0.05, 0.1) is 6.42 Å². The summed E-state index contributed by atoms with van der Waals surface area (Å²) in [5.74, 6) is -0.133. The molecule has 0 saturated carbocycles. The Labute approximate surface area is 159 Å². The molecule has 5 heteroatoms. The van der Waals surface area contributed by atoms with Crippen LogP contribution in [0.4, 0.5) is 0 Å². The highest BCUT2D eigenvalue weighted by Gasteiger charge is 2.17. The third kappa shape index (κ3) is 4.63. The van der Waals surface area contributed by atoms with E-state index >= 15 is 0 Å². The van der Waals surface area contributed by atoms with Gasteiger partial charge in [-0.2, -0.15) is 0 Å². The zero-order valence-electron chi connectivity index (χ0n) is 15.8. The second-order valence-corrected chi connectivity index (χ2v) is 6.90. The molecule has 1 heterocycles. The van der Waals surface area contributed by atoms with E-state index in [1.165, 1.54) is 0 Å². The van der Waals surface area contributed by atoms with Gasteiger partial charge in [-0.3, -0.25) is 9.59 Å². The van der Waals surface area contributed by atoms with Gasteiger partial charge in [0.1, 0.15) is 0 Å².